The van der Waals surface area contributed by atoms with Gasteiger partial charge in [-0.25, -0.2) is 4.98 Å². The Bertz CT molecular complexity index is 554. The molecule has 1 heterocycles. The molecule has 1 aromatic carbocycles. The number of nitrogens with zero attached hydrogens (tertiary/aromatic N) is 2. The van der Waals surface area contributed by atoms with Crippen molar-refractivity contribution in [1.29, 1.82) is 0 Å². The normalized spacial score (nSPS) is 10.3. The number of benzene rings is 1. The zero-order chi connectivity index (χ0) is 14.4. The van der Waals surface area contributed by atoms with Crippen molar-refractivity contribution in [2.24, 2.45) is 0 Å². The minimum absolute atomic E-state index is 0.0140. The predicted molar refractivity (Wildman–Crippen MR) is 80.7 cm³/mol. The molecule has 0 N–H and O–H groups in total. The Morgan fingerprint density at radius 2 is 1.95 bits per heavy atom. The van der Waals surface area contributed by atoms with Crippen molar-refractivity contribution >= 4 is 17.5 Å². The fourth-order valence-corrected chi connectivity index (χ4v) is 2.12. The van der Waals surface area contributed by atoms with E-state index in [1.807, 2.05) is 35.2 Å². The van der Waals surface area contributed by atoms with E-state index >= 15 is 0 Å². The predicted octanol–water partition coefficient (Wildman–Crippen LogP) is 3.79. The van der Waals surface area contributed by atoms with Crippen LogP contribution in [0.3, 0.4) is 0 Å². The first kappa shape index (κ1) is 14.5. The van der Waals surface area contributed by atoms with E-state index in [4.69, 9.17) is 11.6 Å². The Kier molecular flexibility index (Phi) is 5.13. The minimum Gasteiger partial charge on any atom is -0.334 e. The molecule has 3 nitrogen and oxygen atoms in total. The van der Waals surface area contributed by atoms with Crippen LogP contribution in [-0.4, -0.2) is 22.3 Å². The molecule has 0 saturated heterocycles. The third kappa shape index (κ3) is 3.81. The van der Waals surface area contributed by atoms with Gasteiger partial charge in [-0.3, -0.25) is 4.79 Å². The van der Waals surface area contributed by atoms with Crippen molar-refractivity contribution in [3.63, 3.8) is 0 Å². The molecule has 2 rings (SSSR count). The van der Waals surface area contributed by atoms with Gasteiger partial charge in [-0.1, -0.05) is 48.9 Å². The SMILES string of the molecule is CCCN(Cc1ccccc1)C(=O)c1ccc(Cl)nc1. The molecule has 1 aromatic heterocycles. The first-order chi connectivity index (χ1) is 9.70. The van der Waals surface area contributed by atoms with Crippen molar-refractivity contribution < 1.29 is 4.79 Å². The lowest BCUT2D eigenvalue weighted by Gasteiger charge is -2.22. The summed E-state index contributed by atoms with van der Waals surface area (Å²) in [5.74, 6) is -0.0140. The summed E-state index contributed by atoms with van der Waals surface area (Å²) < 4.78 is 0. The Hall–Kier alpha value is -1.87. The number of amides is 1. The average Bonchev–Trinajstić information content (AvgIpc) is 2.48. The Balaban J connectivity index is 2.15. The monoisotopic (exact) mass is 288 g/mol. The van der Waals surface area contributed by atoms with E-state index in [0.29, 0.717) is 17.3 Å². The maximum atomic E-state index is 12.5. The molecule has 2 aromatic rings. The lowest BCUT2D eigenvalue weighted by atomic mass is 10.2. The van der Waals surface area contributed by atoms with Crippen LogP contribution in [0.2, 0.25) is 5.15 Å². The highest BCUT2D eigenvalue weighted by atomic mass is 35.5. The molecule has 0 fully saturated rings. The second kappa shape index (κ2) is 7.06. The number of rotatable bonds is 5. The first-order valence-electron chi connectivity index (χ1n) is 6.65. The minimum atomic E-state index is -0.0140. The molecule has 0 aliphatic carbocycles. The van der Waals surface area contributed by atoms with Crippen LogP contribution in [0, 0.1) is 0 Å². The van der Waals surface area contributed by atoms with Crippen LogP contribution in [0.5, 0.6) is 0 Å². The van der Waals surface area contributed by atoms with E-state index in [1.165, 1.54) is 6.20 Å². The largest absolute Gasteiger partial charge is 0.334 e. The van der Waals surface area contributed by atoms with Gasteiger partial charge in [0.25, 0.3) is 5.91 Å². The van der Waals surface area contributed by atoms with Crippen molar-refractivity contribution in [3.05, 3.63) is 64.9 Å². The van der Waals surface area contributed by atoms with Crippen LogP contribution < -0.4 is 0 Å². The van der Waals surface area contributed by atoms with Gasteiger partial charge in [0.15, 0.2) is 0 Å². The highest BCUT2D eigenvalue weighted by molar-refractivity contribution is 6.29. The van der Waals surface area contributed by atoms with Gasteiger partial charge in [0.2, 0.25) is 0 Å². The van der Waals surface area contributed by atoms with Crippen LogP contribution in [0.25, 0.3) is 0 Å². The van der Waals surface area contributed by atoms with Crippen LogP contribution in [0.4, 0.5) is 0 Å². The number of hydrogen-bond donors (Lipinski definition) is 0. The van der Waals surface area contributed by atoms with Crippen LogP contribution >= 0.6 is 11.6 Å². The fourth-order valence-electron chi connectivity index (χ4n) is 2.01. The molecular formula is C16H17ClN2O. The van der Waals surface area contributed by atoms with Crippen LogP contribution in [0.15, 0.2) is 48.7 Å². The van der Waals surface area contributed by atoms with Crippen molar-refractivity contribution in [1.82, 2.24) is 9.88 Å². The molecular weight excluding hydrogens is 272 g/mol. The van der Waals surface area contributed by atoms with Gasteiger partial charge in [0.1, 0.15) is 5.15 Å². The van der Waals surface area contributed by atoms with E-state index < -0.39 is 0 Å². The Morgan fingerprint density at radius 3 is 2.55 bits per heavy atom. The maximum Gasteiger partial charge on any atom is 0.255 e. The standard InChI is InChI=1S/C16H17ClN2O/c1-2-10-19(12-13-6-4-3-5-7-13)16(20)14-8-9-15(17)18-11-14/h3-9,11H,2,10,12H2,1H3. The van der Waals surface area contributed by atoms with E-state index in [-0.39, 0.29) is 5.91 Å². The molecule has 0 radical (unpaired) electrons. The van der Waals surface area contributed by atoms with E-state index in [2.05, 4.69) is 11.9 Å². The summed E-state index contributed by atoms with van der Waals surface area (Å²) in [5.41, 5.74) is 1.69. The van der Waals surface area contributed by atoms with Gasteiger partial charge in [-0.05, 0) is 24.1 Å². The molecule has 1 amide bonds. The van der Waals surface area contributed by atoms with E-state index in [0.717, 1.165) is 18.5 Å². The van der Waals surface area contributed by atoms with E-state index in [1.54, 1.807) is 12.1 Å². The molecule has 20 heavy (non-hydrogen) atoms. The Morgan fingerprint density at radius 1 is 1.20 bits per heavy atom. The molecule has 0 aliphatic heterocycles. The number of carbonyl (C=O) groups is 1. The molecule has 0 bridgehead atoms. The lowest BCUT2D eigenvalue weighted by molar-refractivity contribution is 0.0743. The topological polar surface area (TPSA) is 33.2 Å². The zero-order valence-corrected chi connectivity index (χ0v) is 12.2. The second-order valence-corrected chi connectivity index (χ2v) is 4.97. The molecule has 104 valence electrons. The van der Waals surface area contributed by atoms with Gasteiger partial charge < -0.3 is 4.90 Å². The second-order valence-electron chi connectivity index (χ2n) is 4.58. The molecule has 4 heteroatoms. The van der Waals surface area contributed by atoms with Gasteiger partial charge in [-0.2, -0.15) is 0 Å². The summed E-state index contributed by atoms with van der Waals surface area (Å²) in [6.45, 7) is 3.39. The number of carbonyl (C=O) groups excluding carboxylic acids is 1. The quantitative estimate of drug-likeness (QED) is 0.784. The number of aromatic nitrogens is 1. The summed E-state index contributed by atoms with van der Waals surface area (Å²) in [5, 5.41) is 0.395. The smallest absolute Gasteiger partial charge is 0.255 e. The van der Waals surface area contributed by atoms with Crippen molar-refractivity contribution in [2.45, 2.75) is 19.9 Å². The summed E-state index contributed by atoms with van der Waals surface area (Å²) in [4.78, 5) is 18.3. The van der Waals surface area contributed by atoms with Gasteiger partial charge in [0.05, 0.1) is 5.56 Å². The molecule has 0 unspecified atom stereocenters. The third-order valence-electron chi connectivity index (χ3n) is 2.97. The molecule has 0 saturated carbocycles. The zero-order valence-electron chi connectivity index (χ0n) is 11.4. The highest BCUT2D eigenvalue weighted by Crippen LogP contribution is 2.12. The third-order valence-corrected chi connectivity index (χ3v) is 3.19. The lowest BCUT2D eigenvalue weighted by Crippen LogP contribution is -2.31. The molecule has 0 aliphatic rings. The molecule has 0 atom stereocenters. The number of hydrogen-bond acceptors (Lipinski definition) is 2. The maximum absolute atomic E-state index is 12.5. The van der Waals surface area contributed by atoms with E-state index in [9.17, 15) is 4.79 Å². The Labute approximate surface area is 124 Å². The summed E-state index contributed by atoms with van der Waals surface area (Å²) in [6, 6.07) is 13.3. The fraction of sp³-hybridized carbons (Fsp3) is 0.250. The number of halogens is 1. The highest BCUT2D eigenvalue weighted by Gasteiger charge is 2.15. The summed E-state index contributed by atoms with van der Waals surface area (Å²) >= 11 is 5.75. The van der Waals surface area contributed by atoms with Gasteiger partial charge in [-0.15, -0.1) is 0 Å². The summed E-state index contributed by atoms with van der Waals surface area (Å²) in [7, 11) is 0. The van der Waals surface area contributed by atoms with Crippen LogP contribution in [-0.2, 0) is 6.54 Å². The molecule has 0 spiro atoms. The van der Waals surface area contributed by atoms with Gasteiger partial charge in [0, 0.05) is 19.3 Å². The number of pyridine rings is 1. The van der Waals surface area contributed by atoms with Crippen molar-refractivity contribution in [3.8, 4) is 0 Å². The summed E-state index contributed by atoms with van der Waals surface area (Å²) in [6.07, 6.45) is 2.44. The first-order valence-corrected chi connectivity index (χ1v) is 7.03. The van der Waals surface area contributed by atoms with Crippen LogP contribution in [0.1, 0.15) is 29.3 Å². The average molecular weight is 289 g/mol. The van der Waals surface area contributed by atoms with Gasteiger partial charge >= 0.3 is 0 Å². The van der Waals surface area contributed by atoms with Crippen molar-refractivity contribution in [2.75, 3.05) is 6.54 Å².